The molecule has 11 heteroatoms. The monoisotopic (exact) mass is 705 g/mol. The summed E-state index contributed by atoms with van der Waals surface area (Å²) >= 11 is 0. The van der Waals surface area contributed by atoms with Crippen molar-refractivity contribution in [2.45, 2.75) is 76.9 Å². The Labute approximate surface area is 294 Å². The summed E-state index contributed by atoms with van der Waals surface area (Å²) in [5, 5.41) is 0. The molecule has 0 heterocycles. The van der Waals surface area contributed by atoms with Gasteiger partial charge in [-0.1, -0.05) is 60.7 Å². The van der Waals surface area contributed by atoms with Crippen molar-refractivity contribution < 1.29 is 45.1 Å². The highest BCUT2D eigenvalue weighted by atomic mass is 19.4. The molecule has 1 radical (unpaired) electrons. The third-order valence-corrected chi connectivity index (χ3v) is 8.95. The molecule has 0 N–H and O–H groups in total. The lowest BCUT2D eigenvalue weighted by Gasteiger charge is -2.25. The molecule has 51 heavy (non-hydrogen) atoms. The summed E-state index contributed by atoms with van der Waals surface area (Å²) in [6, 6.07) is 25.5. The topological polar surface area (TPSA) is 36.9 Å². The highest BCUT2D eigenvalue weighted by molar-refractivity contribution is 6.19. The van der Waals surface area contributed by atoms with Crippen molar-refractivity contribution in [3.63, 3.8) is 0 Å². The summed E-state index contributed by atoms with van der Waals surface area (Å²) in [6.45, 7) is 0.336. The molecule has 0 saturated heterocycles. The average Bonchev–Trinajstić information content (AvgIpc) is 3.13. The maximum Gasteiger partial charge on any atom is 0.657 e. The van der Waals surface area contributed by atoms with Crippen LogP contribution in [0.2, 0.25) is 0 Å². The quantitative estimate of drug-likeness (QED) is 0.109. The fourth-order valence-electron chi connectivity index (χ4n) is 6.33. The minimum absolute atomic E-state index is 0.168. The predicted molar refractivity (Wildman–Crippen MR) is 183 cm³/mol. The van der Waals surface area contributed by atoms with E-state index in [2.05, 4.69) is 0 Å². The van der Waals surface area contributed by atoms with E-state index in [-0.39, 0.29) is 13.2 Å². The zero-order chi connectivity index (χ0) is 35.8. The van der Waals surface area contributed by atoms with Crippen LogP contribution in [0, 0.1) is 0 Å². The molecule has 0 saturated carbocycles. The van der Waals surface area contributed by atoms with E-state index in [9.17, 15) is 26.3 Å². The zero-order valence-corrected chi connectivity index (χ0v) is 27.8. The molecule has 0 spiro atoms. The second-order valence-corrected chi connectivity index (χ2v) is 12.5. The van der Waals surface area contributed by atoms with Crippen molar-refractivity contribution in [3.05, 3.63) is 142 Å². The maximum absolute atomic E-state index is 13.9. The third kappa shape index (κ3) is 9.31. The Morgan fingerprint density at radius 2 is 0.882 bits per heavy atom. The molecule has 0 aliphatic heterocycles. The molecular formula is C40H36BF6O4. The molecule has 2 aliphatic rings. The first-order valence-corrected chi connectivity index (χ1v) is 16.9. The van der Waals surface area contributed by atoms with Gasteiger partial charge in [0.05, 0.1) is 22.6 Å². The van der Waals surface area contributed by atoms with Gasteiger partial charge >= 0.3 is 20.0 Å². The lowest BCUT2D eigenvalue weighted by atomic mass is 9.89. The van der Waals surface area contributed by atoms with Crippen LogP contribution in [-0.4, -0.2) is 7.69 Å². The van der Waals surface area contributed by atoms with Crippen molar-refractivity contribution in [2.75, 3.05) is 0 Å². The van der Waals surface area contributed by atoms with Gasteiger partial charge in [-0.3, -0.25) is 0 Å². The standard InChI is InChI=1S/C40H36BF6O4/c42-39(43,44)29-19-21-35(48-25-27-11-3-1-4-12-27)33(23-29)31-15-7-9-17-37(31)50-41-51-38-18-10-8-16-32(38)34-24-30(40(45,46)47)20-22-36(34)49-26-28-13-5-2-6-14-28/h1-6,11-14,19-24H,7-10,15-18,25-26H2. The number of halogens is 6. The minimum atomic E-state index is -4.56. The second-order valence-electron chi connectivity index (χ2n) is 12.5. The highest BCUT2D eigenvalue weighted by Crippen LogP contribution is 2.43. The maximum atomic E-state index is 13.9. The number of hydrogen-bond acceptors (Lipinski definition) is 4. The van der Waals surface area contributed by atoms with Gasteiger partial charge in [-0.15, -0.1) is 0 Å². The third-order valence-electron chi connectivity index (χ3n) is 8.95. The van der Waals surface area contributed by atoms with E-state index < -0.39 is 23.5 Å². The van der Waals surface area contributed by atoms with Crippen LogP contribution in [0.15, 0.2) is 109 Å². The number of ether oxygens (including phenoxy) is 2. The molecule has 0 amide bonds. The fraction of sp³-hybridized carbons (Fsp3) is 0.300. The SMILES string of the molecule is FC(F)(F)c1ccc(OCc2ccccc2)c(C2=C(O[B]OC3=C(c4cc(C(F)(F)F)ccc4OCc4ccccc4)CCCC3)CCCC2)c1. The molecule has 6 rings (SSSR count). The van der Waals surface area contributed by atoms with E-state index in [0.717, 1.165) is 68.8 Å². The Morgan fingerprint density at radius 1 is 0.490 bits per heavy atom. The molecule has 0 aromatic heterocycles. The first-order valence-electron chi connectivity index (χ1n) is 16.9. The normalized spacial score (nSPS) is 15.4. The summed E-state index contributed by atoms with van der Waals surface area (Å²) in [6.07, 6.45) is -4.27. The van der Waals surface area contributed by atoms with Gasteiger partial charge in [-0.25, -0.2) is 0 Å². The Kier molecular flexibility index (Phi) is 11.3. The average molecular weight is 706 g/mol. The van der Waals surface area contributed by atoms with Crippen molar-refractivity contribution in [1.29, 1.82) is 0 Å². The van der Waals surface area contributed by atoms with Gasteiger partial charge in [-0.05, 0) is 97.2 Å². The highest BCUT2D eigenvalue weighted by Gasteiger charge is 2.34. The number of alkyl halides is 6. The molecule has 0 fully saturated rings. The molecule has 4 aromatic carbocycles. The van der Waals surface area contributed by atoms with Crippen LogP contribution in [0.3, 0.4) is 0 Å². The molecule has 0 bridgehead atoms. The Morgan fingerprint density at radius 3 is 1.27 bits per heavy atom. The van der Waals surface area contributed by atoms with Crippen LogP contribution < -0.4 is 9.47 Å². The van der Waals surface area contributed by atoms with Gasteiger partial charge < -0.3 is 18.8 Å². The molecule has 265 valence electrons. The van der Waals surface area contributed by atoms with Gasteiger partial charge in [-0.2, -0.15) is 26.3 Å². The lowest BCUT2D eigenvalue weighted by molar-refractivity contribution is -0.138. The summed E-state index contributed by atoms with van der Waals surface area (Å²) in [5.41, 5.74) is 1.90. The van der Waals surface area contributed by atoms with E-state index in [4.69, 9.17) is 18.8 Å². The summed E-state index contributed by atoms with van der Waals surface area (Å²) < 4.78 is 107. The van der Waals surface area contributed by atoms with Gasteiger partial charge in [0.25, 0.3) is 0 Å². The number of hydrogen-bond donors (Lipinski definition) is 0. The van der Waals surface area contributed by atoms with E-state index in [1.807, 2.05) is 60.7 Å². The molecular weight excluding hydrogens is 669 g/mol. The summed E-state index contributed by atoms with van der Waals surface area (Å²) in [4.78, 5) is 0. The first-order chi connectivity index (χ1) is 24.6. The molecule has 4 aromatic rings. The van der Waals surface area contributed by atoms with Crippen LogP contribution in [0.1, 0.15) is 84.7 Å². The van der Waals surface area contributed by atoms with Crippen LogP contribution in [-0.2, 0) is 34.9 Å². The van der Waals surface area contributed by atoms with Crippen molar-refractivity contribution >= 4 is 18.8 Å². The molecule has 0 unspecified atom stereocenters. The second kappa shape index (κ2) is 16.0. The van der Waals surface area contributed by atoms with E-state index in [1.165, 1.54) is 12.1 Å². The van der Waals surface area contributed by atoms with E-state index in [0.29, 0.717) is 71.0 Å². The minimum Gasteiger partial charge on any atom is -0.529 e. The number of benzene rings is 4. The van der Waals surface area contributed by atoms with E-state index >= 15 is 0 Å². The molecule has 2 aliphatic carbocycles. The van der Waals surface area contributed by atoms with Gasteiger partial charge in [0.15, 0.2) is 0 Å². The number of allylic oxidation sites excluding steroid dienone is 4. The first kappa shape index (κ1) is 36.0. The molecule has 4 nitrogen and oxygen atoms in total. The van der Waals surface area contributed by atoms with Gasteiger partial charge in [0.2, 0.25) is 0 Å². The van der Waals surface area contributed by atoms with Crippen molar-refractivity contribution in [3.8, 4) is 11.5 Å². The van der Waals surface area contributed by atoms with E-state index in [1.54, 1.807) is 0 Å². The Balaban J connectivity index is 1.27. The van der Waals surface area contributed by atoms with Crippen LogP contribution in [0.5, 0.6) is 11.5 Å². The van der Waals surface area contributed by atoms with Gasteiger partial charge in [0, 0.05) is 24.0 Å². The zero-order valence-electron chi connectivity index (χ0n) is 27.8. The Hall–Kier alpha value is -4.80. The summed E-state index contributed by atoms with van der Waals surface area (Å²) in [5.74, 6) is 1.51. The van der Waals surface area contributed by atoms with Crippen LogP contribution in [0.4, 0.5) is 26.3 Å². The van der Waals surface area contributed by atoms with Gasteiger partial charge in [0.1, 0.15) is 24.7 Å². The predicted octanol–water partition coefficient (Wildman–Crippen LogP) is 11.7. The number of rotatable bonds is 12. The lowest BCUT2D eigenvalue weighted by Crippen LogP contribution is -2.13. The summed E-state index contributed by atoms with van der Waals surface area (Å²) in [7, 11) is 1.14. The smallest absolute Gasteiger partial charge is 0.529 e. The van der Waals surface area contributed by atoms with Crippen LogP contribution in [0.25, 0.3) is 11.1 Å². The Bertz CT molecular complexity index is 1720. The largest absolute Gasteiger partial charge is 0.657 e. The van der Waals surface area contributed by atoms with Crippen LogP contribution >= 0.6 is 0 Å². The van der Waals surface area contributed by atoms with Crippen molar-refractivity contribution in [2.24, 2.45) is 0 Å². The molecule has 0 atom stereocenters. The van der Waals surface area contributed by atoms with Crippen molar-refractivity contribution in [1.82, 2.24) is 0 Å². The fourth-order valence-corrected chi connectivity index (χ4v) is 6.33.